The van der Waals surface area contributed by atoms with Crippen LogP contribution in [0.3, 0.4) is 0 Å². The third-order valence-corrected chi connectivity index (χ3v) is 7.48. The van der Waals surface area contributed by atoms with Gasteiger partial charge in [-0.2, -0.15) is 0 Å². The van der Waals surface area contributed by atoms with E-state index in [4.69, 9.17) is 0 Å². The zero-order valence-electron chi connectivity index (χ0n) is 17.7. The van der Waals surface area contributed by atoms with Crippen LogP contribution < -0.4 is 0 Å². The number of β-lactam (4-membered cyclic amide) rings is 1. The second kappa shape index (κ2) is 8.06. The molecule has 3 aliphatic rings. The Morgan fingerprint density at radius 3 is 2.35 bits per heavy atom. The Morgan fingerprint density at radius 2 is 1.68 bits per heavy atom. The van der Waals surface area contributed by atoms with Crippen molar-refractivity contribution in [2.45, 2.75) is 57.0 Å². The minimum Gasteiger partial charge on any atom is -0.338 e. The molecule has 1 spiro atoms. The Morgan fingerprint density at radius 1 is 1.00 bits per heavy atom. The van der Waals surface area contributed by atoms with Gasteiger partial charge in [0.1, 0.15) is 5.82 Å². The number of hydrogen-bond donors (Lipinski definition) is 0. The normalized spacial score (nSPS) is 23.6. The summed E-state index contributed by atoms with van der Waals surface area (Å²) in [5.41, 5.74) is 1.03. The molecule has 5 nitrogen and oxygen atoms in total. The topological polar surface area (TPSA) is 53.5 Å². The molecule has 2 amide bonds. The maximum atomic E-state index is 14.1. The van der Waals surface area contributed by atoms with E-state index in [1.807, 2.05) is 24.5 Å². The third kappa shape index (κ3) is 3.33. The average Bonchev–Trinajstić information content (AvgIpc) is 2.83. The van der Waals surface area contributed by atoms with Gasteiger partial charge in [0.05, 0.1) is 17.0 Å². The van der Waals surface area contributed by atoms with Crippen LogP contribution in [0.15, 0.2) is 48.8 Å². The molecular formula is C25H28FN3O2. The van der Waals surface area contributed by atoms with Gasteiger partial charge in [0, 0.05) is 31.5 Å². The smallest absolute Gasteiger partial charge is 0.256 e. The van der Waals surface area contributed by atoms with Gasteiger partial charge in [-0.05, 0) is 55.5 Å². The van der Waals surface area contributed by atoms with E-state index in [1.165, 1.54) is 24.1 Å². The standard InChI is InChI=1S/C25H28FN3O2/c26-21-7-3-2-6-20(21)23(30)28-16-10-19(11-17-28)29-22(18-8-14-27-15-9-18)25(24(29)31)12-4-1-5-13-25/h2-3,6-9,14-15,19,22H,1,4-5,10-13,16-17H2. The SMILES string of the molecule is O=C(c1ccccc1F)N1CCC(N2C(=O)C3(CCCCC3)C2c2ccncc2)CC1. The highest BCUT2D eigenvalue weighted by Crippen LogP contribution is 2.59. The molecule has 1 atom stereocenters. The van der Waals surface area contributed by atoms with Crippen molar-refractivity contribution in [1.82, 2.24) is 14.8 Å². The molecule has 0 N–H and O–H groups in total. The average molecular weight is 422 g/mol. The monoisotopic (exact) mass is 421 g/mol. The zero-order chi connectivity index (χ0) is 21.4. The first-order chi connectivity index (χ1) is 15.1. The first-order valence-corrected chi connectivity index (χ1v) is 11.4. The molecule has 3 heterocycles. The van der Waals surface area contributed by atoms with Gasteiger partial charge in [-0.1, -0.05) is 31.4 Å². The fourth-order valence-corrected chi connectivity index (χ4v) is 5.92. The minimum atomic E-state index is -0.482. The summed E-state index contributed by atoms with van der Waals surface area (Å²) in [6.45, 7) is 1.08. The van der Waals surface area contributed by atoms with Crippen LogP contribution >= 0.6 is 0 Å². The lowest BCUT2D eigenvalue weighted by Crippen LogP contribution is -2.67. The molecule has 1 aliphatic carbocycles. The fourth-order valence-electron chi connectivity index (χ4n) is 5.92. The van der Waals surface area contributed by atoms with Gasteiger partial charge in [0.25, 0.3) is 5.91 Å². The second-order valence-corrected chi connectivity index (χ2v) is 9.12. The molecule has 1 unspecified atom stereocenters. The highest BCUT2D eigenvalue weighted by atomic mass is 19.1. The molecule has 0 radical (unpaired) electrons. The van der Waals surface area contributed by atoms with Crippen molar-refractivity contribution in [2.75, 3.05) is 13.1 Å². The van der Waals surface area contributed by atoms with Crippen molar-refractivity contribution in [2.24, 2.45) is 5.41 Å². The van der Waals surface area contributed by atoms with Crippen molar-refractivity contribution >= 4 is 11.8 Å². The lowest BCUT2D eigenvalue weighted by atomic mass is 9.59. The second-order valence-electron chi connectivity index (χ2n) is 9.12. The van der Waals surface area contributed by atoms with Gasteiger partial charge in [-0.15, -0.1) is 0 Å². The van der Waals surface area contributed by atoms with E-state index < -0.39 is 5.82 Å². The summed E-state index contributed by atoms with van der Waals surface area (Å²) < 4.78 is 14.1. The molecular weight excluding hydrogens is 393 g/mol. The van der Waals surface area contributed by atoms with Crippen molar-refractivity contribution < 1.29 is 14.0 Å². The van der Waals surface area contributed by atoms with E-state index in [2.05, 4.69) is 9.88 Å². The Labute approximate surface area is 182 Å². The first kappa shape index (κ1) is 20.2. The fraction of sp³-hybridized carbons (Fsp3) is 0.480. The highest BCUT2D eigenvalue weighted by molar-refractivity contribution is 5.94. The summed E-state index contributed by atoms with van der Waals surface area (Å²) in [7, 11) is 0. The number of benzene rings is 1. The number of nitrogens with zero attached hydrogens (tertiary/aromatic N) is 3. The highest BCUT2D eigenvalue weighted by Gasteiger charge is 2.62. The summed E-state index contributed by atoms with van der Waals surface area (Å²) >= 11 is 0. The van der Waals surface area contributed by atoms with E-state index in [9.17, 15) is 14.0 Å². The molecule has 0 bridgehead atoms. The van der Waals surface area contributed by atoms with Crippen LogP contribution in [0.5, 0.6) is 0 Å². The number of carbonyl (C=O) groups is 2. The molecule has 1 aromatic heterocycles. The summed E-state index contributed by atoms with van der Waals surface area (Å²) in [6.07, 6.45) is 10.4. The van der Waals surface area contributed by atoms with Crippen LogP contribution in [0.4, 0.5) is 4.39 Å². The lowest BCUT2D eigenvalue weighted by Gasteiger charge is -2.61. The number of likely N-dealkylation sites (tertiary alicyclic amines) is 2. The minimum absolute atomic E-state index is 0.0992. The van der Waals surface area contributed by atoms with Gasteiger partial charge in [-0.3, -0.25) is 14.6 Å². The van der Waals surface area contributed by atoms with E-state index in [0.29, 0.717) is 13.1 Å². The number of aromatic nitrogens is 1. The number of hydrogen-bond acceptors (Lipinski definition) is 3. The Bertz CT molecular complexity index is 966. The number of halogens is 1. The first-order valence-electron chi connectivity index (χ1n) is 11.4. The quantitative estimate of drug-likeness (QED) is 0.692. The number of carbonyl (C=O) groups excluding carboxylic acids is 2. The van der Waals surface area contributed by atoms with Crippen LogP contribution in [0.25, 0.3) is 0 Å². The predicted molar refractivity (Wildman–Crippen MR) is 115 cm³/mol. The number of amides is 2. The maximum absolute atomic E-state index is 14.1. The van der Waals surface area contributed by atoms with Crippen molar-refractivity contribution in [3.8, 4) is 0 Å². The van der Waals surface area contributed by atoms with Crippen molar-refractivity contribution in [3.05, 3.63) is 65.7 Å². The Balaban J connectivity index is 1.33. The molecule has 2 aliphatic heterocycles. The van der Waals surface area contributed by atoms with E-state index in [-0.39, 0.29) is 34.9 Å². The van der Waals surface area contributed by atoms with Gasteiger partial charge in [0.2, 0.25) is 5.91 Å². The summed E-state index contributed by atoms with van der Waals surface area (Å²) in [5, 5.41) is 0. The number of rotatable bonds is 3. The van der Waals surface area contributed by atoms with Crippen LogP contribution in [0.2, 0.25) is 0 Å². The summed E-state index contributed by atoms with van der Waals surface area (Å²) in [5.74, 6) is -0.460. The van der Waals surface area contributed by atoms with Crippen LogP contribution in [0, 0.1) is 11.2 Å². The molecule has 5 rings (SSSR count). The van der Waals surface area contributed by atoms with Gasteiger partial charge in [-0.25, -0.2) is 4.39 Å². The van der Waals surface area contributed by atoms with E-state index in [0.717, 1.165) is 38.5 Å². The molecule has 1 saturated carbocycles. The van der Waals surface area contributed by atoms with Crippen LogP contribution in [0.1, 0.15) is 66.9 Å². The van der Waals surface area contributed by atoms with Crippen LogP contribution in [-0.2, 0) is 4.79 Å². The van der Waals surface area contributed by atoms with E-state index >= 15 is 0 Å². The summed E-state index contributed by atoms with van der Waals surface area (Å²) in [4.78, 5) is 34.2. The molecule has 162 valence electrons. The van der Waals surface area contributed by atoms with Crippen molar-refractivity contribution in [1.29, 1.82) is 0 Å². The van der Waals surface area contributed by atoms with E-state index in [1.54, 1.807) is 17.0 Å². The maximum Gasteiger partial charge on any atom is 0.256 e. The van der Waals surface area contributed by atoms with Crippen molar-refractivity contribution in [3.63, 3.8) is 0 Å². The number of piperidine rings is 1. The molecule has 6 heteroatoms. The molecule has 2 aromatic rings. The Hall–Kier alpha value is -2.76. The predicted octanol–water partition coefficient (Wildman–Crippen LogP) is 4.36. The third-order valence-electron chi connectivity index (χ3n) is 7.48. The van der Waals surface area contributed by atoms with Gasteiger partial charge < -0.3 is 9.80 Å². The molecule has 31 heavy (non-hydrogen) atoms. The van der Waals surface area contributed by atoms with Crippen LogP contribution in [-0.4, -0.2) is 45.7 Å². The summed E-state index contributed by atoms with van der Waals surface area (Å²) in [6, 6.07) is 10.4. The molecule has 1 aromatic carbocycles. The van der Waals surface area contributed by atoms with Gasteiger partial charge in [0.15, 0.2) is 0 Å². The number of pyridine rings is 1. The largest absolute Gasteiger partial charge is 0.338 e. The lowest BCUT2D eigenvalue weighted by molar-refractivity contribution is -0.186. The molecule has 3 fully saturated rings. The Kier molecular flexibility index (Phi) is 5.24. The van der Waals surface area contributed by atoms with Gasteiger partial charge >= 0.3 is 0 Å². The molecule has 2 saturated heterocycles. The zero-order valence-corrected chi connectivity index (χ0v) is 17.7.